The van der Waals surface area contributed by atoms with E-state index in [-0.39, 0.29) is 24.5 Å². The molecule has 0 saturated carbocycles. The molecule has 120 valence electrons. The maximum Gasteiger partial charge on any atom is 0.356 e. The van der Waals surface area contributed by atoms with Gasteiger partial charge < -0.3 is 14.4 Å². The first-order chi connectivity index (χ1) is 10.4. The summed E-state index contributed by atoms with van der Waals surface area (Å²) in [5.41, 5.74) is 1.99. The zero-order chi connectivity index (χ0) is 16.3. The molecule has 2 heterocycles. The molecule has 0 saturated heterocycles. The summed E-state index contributed by atoms with van der Waals surface area (Å²) in [6.45, 7) is 4.41. The van der Waals surface area contributed by atoms with Gasteiger partial charge in [-0.25, -0.2) is 4.79 Å². The first-order valence-corrected chi connectivity index (χ1v) is 7.43. The number of aromatic nitrogens is 2. The number of fused-ring (bicyclic) bond motifs is 1. The normalized spacial score (nSPS) is 13.7. The fourth-order valence-corrected chi connectivity index (χ4v) is 2.61. The number of esters is 1. The number of hydrogen-bond donors (Lipinski definition) is 0. The lowest BCUT2D eigenvalue weighted by Crippen LogP contribution is -2.36. The van der Waals surface area contributed by atoms with Gasteiger partial charge in [0.15, 0.2) is 5.69 Å². The second kappa shape index (κ2) is 6.72. The van der Waals surface area contributed by atoms with Crippen molar-refractivity contribution < 1.29 is 19.1 Å². The quantitative estimate of drug-likeness (QED) is 0.753. The summed E-state index contributed by atoms with van der Waals surface area (Å²) in [5.74, 6) is -0.490. The van der Waals surface area contributed by atoms with Crippen molar-refractivity contribution in [1.82, 2.24) is 14.7 Å². The van der Waals surface area contributed by atoms with Crippen LogP contribution in [-0.2, 0) is 34.3 Å². The minimum absolute atomic E-state index is 0.000334. The largest absolute Gasteiger partial charge is 0.461 e. The van der Waals surface area contributed by atoms with Crippen LogP contribution in [-0.4, -0.2) is 45.5 Å². The highest BCUT2D eigenvalue weighted by molar-refractivity contribution is 5.90. The molecule has 7 nitrogen and oxygen atoms in total. The lowest BCUT2D eigenvalue weighted by atomic mass is 10.0. The molecule has 1 amide bonds. The Morgan fingerprint density at radius 2 is 2.00 bits per heavy atom. The summed E-state index contributed by atoms with van der Waals surface area (Å²) >= 11 is 0. The molecule has 0 fully saturated rings. The molecule has 0 atom stereocenters. The highest BCUT2D eigenvalue weighted by atomic mass is 16.5. The second-order valence-electron chi connectivity index (χ2n) is 5.39. The summed E-state index contributed by atoms with van der Waals surface area (Å²) in [5, 5.41) is 4.35. The molecule has 1 aliphatic heterocycles. The van der Waals surface area contributed by atoms with E-state index in [4.69, 9.17) is 4.74 Å². The van der Waals surface area contributed by atoms with Crippen molar-refractivity contribution >= 4 is 17.7 Å². The lowest BCUT2D eigenvalue weighted by Gasteiger charge is -2.26. The van der Waals surface area contributed by atoms with Crippen LogP contribution in [0.25, 0.3) is 0 Å². The van der Waals surface area contributed by atoms with E-state index in [1.54, 1.807) is 18.9 Å². The van der Waals surface area contributed by atoms with Crippen LogP contribution in [0.1, 0.15) is 48.4 Å². The molecule has 0 spiro atoms. The lowest BCUT2D eigenvalue weighted by molar-refractivity contribution is -0.133. The van der Waals surface area contributed by atoms with Crippen molar-refractivity contribution in [3.63, 3.8) is 0 Å². The number of rotatable bonds is 5. The van der Waals surface area contributed by atoms with Gasteiger partial charge in [-0.3, -0.25) is 9.48 Å². The van der Waals surface area contributed by atoms with Gasteiger partial charge in [-0.1, -0.05) is 0 Å². The molecule has 1 aromatic rings. The monoisotopic (exact) mass is 307 g/mol. The molecule has 0 bridgehead atoms. The molecule has 1 aliphatic rings. The predicted molar refractivity (Wildman–Crippen MR) is 78.2 cm³/mol. The van der Waals surface area contributed by atoms with Crippen molar-refractivity contribution in [1.29, 1.82) is 0 Å². The highest BCUT2D eigenvalue weighted by Crippen LogP contribution is 2.23. The highest BCUT2D eigenvalue weighted by Gasteiger charge is 2.29. The van der Waals surface area contributed by atoms with E-state index < -0.39 is 5.97 Å². The minimum atomic E-state index is -0.420. The van der Waals surface area contributed by atoms with Crippen molar-refractivity contribution in [2.45, 2.75) is 39.7 Å². The maximum absolute atomic E-state index is 12.2. The molecule has 0 radical (unpaired) electrons. The van der Waals surface area contributed by atoms with Gasteiger partial charge in [0, 0.05) is 45.0 Å². The molecule has 0 N–H and O–H groups in total. The Bertz CT molecular complexity index is 606. The Hall–Kier alpha value is -2.18. The zero-order valence-electron chi connectivity index (χ0n) is 13.2. The predicted octanol–water partition coefficient (Wildman–Crippen LogP) is 0.851. The van der Waals surface area contributed by atoms with Crippen LogP contribution < -0.4 is 0 Å². The number of ketones is 1. The smallest absolute Gasteiger partial charge is 0.356 e. The Kier molecular flexibility index (Phi) is 4.95. The van der Waals surface area contributed by atoms with Gasteiger partial charge in [-0.15, -0.1) is 0 Å². The molecule has 7 heteroatoms. The number of amides is 1. The van der Waals surface area contributed by atoms with Crippen LogP contribution in [0.2, 0.25) is 0 Å². The van der Waals surface area contributed by atoms with E-state index in [0.29, 0.717) is 31.8 Å². The molecule has 0 unspecified atom stereocenters. The minimum Gasteiger partial charge on any atom is -0.461 e. The van der Waals surface area contributed by atoms with Crippen LogP contribution in [0.15, 0.2) is 0 Å². The van der Waals surface area contributed by atoms with Crippen LogP contribution in [0, 0.1) is 0 Å². The van der Waals surface area contributed by atoms with Crippen LogP contribution >= 0.6 is 0 Å². The molecular weight excluding hydrogens is 286 g/mol. The van der Waals surface area contributed by atoms with Crippen molar-refractivity contribution in [3.05, 3.63) is 17.0 Å². The maximum atomic E-state index is 12.2. The summed E-state index contributed by atoms with van der Waals surface area (Å²) in [6, 6.07) is 0. The summed E-state index contributed by atoms with van der Waals surface area (Å²) in [7, 11) is 1.70. The van der Waals surface area contributed by atoms with Gasteiger partial charge in [-0.2, -0.15) is 5.10 Å². The third kappa shape index (κ3) is 3.35. The number of carbonyl (C=O) groups is 3. The van der Waals surface area contributed by atoms with Gasteiger partial charge in [-0.05, 0) is 13.8 Å². The number of ether oxygens (including phenoxy) is 1. The Labute approximate surface area is 129 Å². The van der Waals surface area contributed by atoms with E-state index in [0.717, 1.165) is 11.3 Å². The van der Waals surface area contributed by atoms with Gasteiger partial charge >= 0.3 is 5.97 Å². The fraction of sp³-hybridized carbons (Fsp3) is 0.600. The summed E-state index contributed by atoms with van der Waals surface area (Å²) in [6.07, 6.45) is 1.06. The number of Topliss-reactive ketones (excluding diaryl/α,β-unsaturated/α-hetero) is 1. The Morgan fingerprint density at radius 1 is 1.27 bits per heavy atom. The van der Waals surface area contributed by atoms with Crippen LogP contribution in [0.4, 0.5) is 0 Å². The molecule has 2 rings (SSSR count). The molecule has 22 heavy (non-hydrogen) atoms. The molecule has 1 aromatic heterocycles. The third-order valence-corrected chi connectivity index (χ3v) is 3.71. The van der Waals surface area contributed by atoms with E-state index in [1.807, 2.05) is 0 Å². The van der Waals surface area contributed by atoms with E-state index in [2.05, 4.69) is 5.10 Å². The SMILES string of the molecule is CCOC(=O)c1c2c(nn1C)CCN(C(=O)CCC(C)=O)C2. The standard InChI is InChI=1S/C15H21N3O4/c1-4-22-15(21)14-11-9-18(13(20)6-5-10(2)19)8-7-12(11)16-17(14)3/h4-9H2,1-3H3. The van der Waals surface area contributed by atoms with Crippen LogP contribution in [0.5, 0.6) is 0 Å². The van der Waals surface area contributed by atoms with E-state index in [9.17, 15) is 14.4 Å². The van der Waals surface area contributed by atoms with Gasteiger partial charge in [0.25, 0.3) is 0 Å². The number of hydrogen-bond acceptors (Lipinski definition) is 5. The second-order valence-corrected chi connectivity index (χ2v) is 5.39. The third-order valence-electron chi connectivity index (χ3n) is 3.71. The van der Waals surface area contributed by atoms with E-state index in [1.165, 1.54) is 11.6 Å². The number of nitrogens with zero attached hydrogens (tertiary/aromatic N) is 3. The average molecular weight is 307 g/mol. The molecular formula is C15H21N3O4. The van der Waals surface area contributed by atoms with Crippen LogP contribution in [0.3, 0.4) is 0 Å². The van der Waals surface area contributed by atoms with Gasteiger partial charge in [0.05, 0.1) is 12.3 Å². The van der Waals surface area contributed by atoms with Gasteiger partial charge in [0.1, 0.15) is 5.78 Å². The Balaban J connectivity index is 2.16. The average Bonchev–Trinajstić information content (AvgIpc) is 2.79. The van der Waals surface area contributed by atoms with E-state index >= 15 is 0 Å². The summed E-state index contributed by atoms with van der Waals surface area (Å²) in [4.78, 5) is 36.9. The topological polar surface area (TPSA) is 81.5 Å². The molecule has 0 aromatic carbocycles. The van der Waals surface area contributed by atoms with Crippen molar-refractivity contribution in [2.75, 3.05) is 13.2 Å². The number of aryl methyl sites for hydroxylation is 1. The van der Waals surface area contributed by atoms with Crippen molar-refractivity contribution in [3.8, 4) is 0 Å². The first-order valence-electron chi connectivity index (χ1n) is 7.43. The fourth-order valence-electron chi connectivity index (χ4n) is 2.61. The number of carbonyl (C=O) groups excluding carboxylic acids is 3. The molecule has 0 aliphatic carbocycles. The summed E-state index contributed by atoms with van der Waals surface area (Å²) < 4.78 is 6.58. The van der Waals surface area contributed by atoms with Crippen molar-refractivity contribution in [2.24, 2.45) is 7.05 Å². The zero-order valence-corrected chi connectivity index (χ0v) is 13.2. The first kappa shape index (κ1) is 16.2. The Morgan fingerprint density at radius 3 is 2.64 bits per heavy atom. The van der Waals surface area contributed by atoms with Gasteiger partial charge in [0.2, 0.25) is 5.91 Å².